The molecule has 0 saturated heterocycles. The third-order valence-corrected chi connectivity index (χ3v) is 3.55. The van der Waals surface area contributed by atoms with Crippen LogP contribution in [0.4, 0.5) is 17.1 Å². The molecule has 0 radical (unpaired) electrons. The summed E-state index contributed by atoms with van der Waals surface area (Å²) in [4.78, 5) is 25.5. The van der Waals surface area contributed by atoms with Gasteiger partial charge in [0.2, 0.25) is 5.91 Å². The van der Waals surface area contributed by atoms with Crippen LogP contribution in [0.3, 0.4) is 0 Å². The van der Waals surface area contributed by atoms with E-state index in [1.807, 2.05) is 6.92 Å². The first-order valence-corrected chi connectivity index (χ1v) is 7.70. The predicted octanol–water partition coefficient (Wildman–Crippen LogP) is 2.68. The van der Waals surface area contributed by atoms with Crippen LogP contribution in [0, 0.1) is 18.3 Å². The summed E-state index contributed by atoms with van der Waals surface area (Å²) in [6.45, 7) is 3.05. The molecule has 0 spiro atoms. The fraction of sp³-hybridized carbons (Fsp3) is 0.105. The highest BCUT2D eigenvalue weighted by Crippen LogP contribution is 2.24. The number of phenols is 1. The van der Waals surface area contributed by atoms with Crippen LogP contribution >= 0.6 is 0 Å². The van der Waals surface area contributed by atoms with Gasteiger partial charge in [-0.3, -0.25) is 9.59 Å². The Hall–Kier alpha value is -3.79. The molecule has 0 atom stereocenters. The molecule has 0 fully saturated rings. The average Bonchev–Trinajstić information content (AvgIpc) is 2.58. The number of hydrogen-bond donors (Lipinski definition) is 3. The Bertz CT molecular complexity index is 911. The van der Waals surface area contributed by atoms with E-state index >= 15 is 0 Å². The van der Waals surface area contributed by atoms with Crippen molar-refractivity contribution in [1.82, 2.24) is 0 Å². The molecule has 0 saturated carbocycles. The van der Waals surface area contributed by atoms with Crippen LogP contribution in [0.1, 0.15) is 12.5 Å². The van der Waals surface area contributed by atoms with Crippen LogP contribution in [0.2, 0.25) is 0 Å². The maximum Gasteiger partial charge on any atom is 0.277 e. The molecule has 0 aliphatic rings. The summed E-state index contributed by atoms with van der Waals surface area (Å²) in [7, 11) is 0. The largest absolute Gasteiger partial charge is 0.506 e. The number of aryl methyl sites for hydroxylation is 1. The van der Waals surface area contributed by atoms with Crippen molar-refractivity contribution in [2.45, 2.75) is 13.8 Å². The Kier molecular flexibility index (Phi) is 5.60. The van der Waals surface area contributed by atoms with E-state index in [0.29, 0.717) is 17.1 Å². The van der Waals surface area contributed by atoms with Gasteiger partial charge in [0, 0.05) is 18.8 Å². The van der Waals surface area contributed by atoms with E-state index in [2.05, 4.69) is 5.32 Å². The van der Waals surface area contributed by atoms with E-state index in [1.165, 1.54) is 19.1 Å². The number of nitriles is 1. The monoisotopic (exact) mass is 350 g/mol. The molecule has 2 aromatic carbocycles. The minimum Gasteiger partial charge on any atom is -0.506 e. The number of rotatable bonds is 4. The van der Waals surface area contributed by atoms with Gasteiger partial charge in [-0.2, -0.15) is 5.26 Å². The van der Waals surface area contributed by atoms with Gasteiger partial charge in [0.05, 0.1) is 11.4 Å². The second-order valence-corrected chi connectivity index (χ2v) is 5.59. The lowest BCUT2D eigenvalue weighted by Crippen LogP contribution is -2.36. The first kappa shape index (κ1) is 18.5. The molecule has 7 heteroatoms. The number of anilines is 3. The smallest absolute Gasteiger partial charge is 0.277 e. The van der Waals surface area contributed by atoms with Gasteiger partial charge < -0.3 is 16.2 Å². The molecule has 26 heavy (non-hydrogen) atoms. The van der Waals surface area contributed by atoms with Gasteiger partial charge in [0.1, 0.15) is 17.4 Å². The number of imide groups is 1. The number of carbonyl (C=O) groups excluding carboxylic acids is 2. The maximum absolute atomic E-state index is 12.6. The summed E-state index contributed by atoms with van der Waals surface area (Å²) >= 11 is 0. The summed E-state index contributed by atoms with van der Waals surface area (Å²) in [5.41, 5.74) is 7.30. The second kappa shape index (κ2) is 7.85. The Morgan fingerprint density at radius 1 is 1.23 bits per heavy atom. The first-order chi connectivity index (χ1) is 12.3. The molecular weight excluding hydrogens is 332 g/mol. The van der Waals surface area contributed by atoms with Crippen molar-refractivity contribution in [1.29, 1.82) is 5.26 Å². The van der Waals surface area contributed by atoms with Gasteiger partial charge in [-0.15, -0.1) is 0 Å². The maximum atomic E-state index is 12.6. The number of nitrogens with one attached hydrogen (secondary N) is 1. The topological polar surface area (TPSA) is 119 Å². The first-order valence-electron chi connectivity index (χ1n) is 7.70. The molecule has 132 valence electrons. The molecule has 0 bridgehead atoms. The van der Waals surface area contributed by atoms with Gasteiger partial charge in [-0.1, -0.05) is 6.07 Å². The van der Waals surface area contributed by atoms with Crippen LogP contribution in [0.15, 0.2) is 54.2 Å². The standard InChI is InChI=1S/C19H18N4O3/c1-12-3-8-17(18(25)9-12)22-11-14(10-20)19(26)23(13(2)24)16-6-4-15(21)5-7-16/h3-9,11,22,25H,21H2,1-2H3/b14-11-. The van der Waals surface area contributed by atoms with Gasteiger partial charge in [-0.05, 0) is 48.9 Å². The van der Waals surface area contributed by atoms with Gasteiger partial charge in [0.25, 0.3) is 5.91 Å². The van der Waals surface area contributed by atoms with Crippen LogP contribution in [0.5, 0.6) is 5.75 Å². The van der Waals surface area contributed by atoms with E-state index < -0.39 is 11.8 Å². The number of amides is 2. The Balaban J connectivity index is 2.31. The van der Waals surface area contributed by atoms with E-state index in [-0.39, 0.29) is 11.3 Å². The number of nitrogen functional groups attached to an aromatic ring is 1. The molecule has 0 heterocycles. The lowest BCUT2D eigenvalue weighted by Gasteiger charge is -2.19. The predicted molar refractivity (Wildman–Crippen MR) is 99.2 cm³/mol. The number of carbonyl (C=O) groups is 2. The fourth-order valence-corrected chi connectivity index (χ4v) is 2.24. The van der Waals surface area contributed by atoms with Crippen molar-refractivity contribution in [3.63, 3.8) is 0 Å². The van der Waals surface area contributed by atoms with Crippen molar-refractivity contribution in [2.24, 2.45) is 0 Å². The number of benzene rings is 2. The zero-order chi connectivity index (χ0) is 19.3. The molecule has 0 aromatic heterocycles. The van der Waals surface area contributed by atoms with E-state index in [0.717, 1.165) is 16.7 Å². The Morgan fingerprint density at radius 2 is 1.88 bits per heavy atom. The lowest BCUT2D eigenvalue weighted by molar-refractivity contribution is -0.123. The van der Waals surface area contributed by atoms with Crippen molar-refractivity contribution in [3.05, 3.63) is 59.8 Å². The molecular formula is C19H18N4O3. The van der Waals surface area contributed by atoms with Crippen LogP contribution in [-0.4, -0.2) is 16.9 Å². The van der Waals surface area contributed by atoms with Crippen molar-refractivity contribution in [3.8, 4) is 11.8 Å². The summed E-state index contributed by atoms with van der Waals surface area (Å²) in [5, 5.41) is 21.9. The number of phenolic OH excluding ortho intramolecular Hbond substituents is 1. The molecule has 2 rings (SSSR count). The van der Waals surface area contributed by atoms with E-state index in [9.17, 15) is 20.0 Å². The Morgan fingerprint density at radius 3 is 2.42 bits per heavy atom. The highest BCUT2D eigenvalue weighted by molar-refractivity contribution is 6.21. The normalized spacial score (nSPS) is 10.7. The fourth-order valence-electron chi connectivity index (χ4n) is 2.24. The number of hydrogen-bond acceptors (Lipinski definition) is 6. The minimum absolute atomic E-state index is 0.0204. The molecule has 2 aromatic rings. The van der Waals surface area contributed by atoms with E-state index in [1.54, 1.807) is 36.4 Å². The number of aromatic hydroxyl groups is 1. The summed E-state index contributed by atoms with van der Waals surface area (Å²) < 4.78 is 0. The van der Waals surface area contributed by atoms with Gasteiger partial charge in [0.15, 0.2) is 0 Å². The molecule has 0 aliphatic carbocycles. The molecule has 7 nitrogen and oxygen atoms in total. The summed E-state index contributed by atoms with van der Waals surface area (Å²) in [5.74, 6) is -1.35. The summed E-state index contributed by atoms with van der Waals surface area (Å²) in [6.07, 6.45) is 1.15. The van der Waals surface area contributed by atoms with Crippen molar-refractivity contribution in [2.75, 3.05) is 16.0 Å². The van der Waals surface area contributed by atoms with Crippen LogP contribution in [0.25, 0.3) is 0 Å². The highest BCUT2D eigenvalue weighted by atomic mass is 16.3. The highest BCUT2D eigenvalue weighted by Gasteiger charge is 2.24. The molecule has 0 aliphatic heterocycles. The Labute approximate surface area is 151 Å². The van der Waals surface area contributed by atoms with Crippen LogP contribution < -0.4 is 16.0 Å². The molecule has 0 unspecified atom stereocenters. The quantitative estimate of drug-likeness (QED) is 0.337. The zero-order valence-electron chi connectivity index (χ0n) is 14.4. The van der Waals surface area contributed by atoms with Gasteiger partial charge >= 0.3 is 0 Å². The number of nitrogens with two attached hydrogens (primary N) is 1. The summed E-state index contributed by atoms with van der Waals surface area (Å²) in [6, 6.07) is 12.8. The second-order valence-electron chi connectivity index (χ2n) is 5.59. The van der Waals surface area contributed by atoms with Crippen molar-refractivity contribution < 1.29 is 14.7 Å². The van der Waals surface area contributed by atoms with Crippen LogP contribution in [-0.2, 0) is 9.59 Å². The molecule has 2 amide bonds. The SMILES string of the molecule is CC(=O)N(C(=O)/C(C#N)=C\Nc1ccc(C)cc1O)c1ccc(N)cc1. The minimum atomic E-state index is -0.788. The third kappa shape index (κ3) is 4.19. The van der Waals surface area contributed by atoms with E-state index in [4.69, 9.17) is 5.73 Å². The lowest BCUT2D eigenvalue weighted by atomic mass is 10.2. The van der Waals surface area contributed by atoms with Gasteiger partial charge in [-0.25, -0.2) is 4.90 Å². The average molecular weight is 350 g/mol. The van der Waals surface area contributed by atoms with Crippen molar-refractivity contribution >= 4 is 28.9 Å². The molecule has 4 N–H and O–H groups in total. The zero-order valence-corrected chi connectivity index (χ0v) is 14.4. The third-order valence-electron chi connectivity index (χ3n) is 3.55. The number of nitrogens with zero attached hydrogens (tertiary/aromatic N) is 2.